The minimum absolute atomic E-state index is 0.00624. The van der Waals surface area contributed by atoms with E-state index in [-0.39, 0.29) is 23.8 Å². The van der Waals surface area contributed by atoms with Gasteiger partial charge in [-0.15, -0.1) is 0 Å². The molecule has 2 saturated carbocycles. The molecule has 1 aromatic heterocycles. The van der Waals surface area contributed by atoms with Gasteiger partial charge in [0.25, 0.3) is 0 Å². The smallest absolute Gasteiger partial charge is 0.167 e. The van der Waals surface area contributed by atoms with E-state index in [0.717, 1.165) is 34.1 Å². The average molecular weight is 375 g/mol. The predicted octanol–water partition coefficient (Wildman–Crippen LogP) is 4.76. The van der Waals surface area contributed by atoms with E-state index in [1.54, 1.807) is 0 Å². The Morgan fingerprint density at radius 2 is 1.96 bits per heavy atom. The summed E-state index contributed by atoms with van der Waals surface area (Å²) >= 11 is 0. The fourth-order valence-corrected chi connectivity index (χ4v) is 4.25. The molecular weight excluding hydrogens is 354 g/mol. The van der Waals surface area contributed by atoms with E-state index in [1.807, 2.05) is 30.3 Å². The summed E-state index contributed by atoms with van der Waals surface area (Å²) in [7, 11) is 0. The van der Waals surface area contributed by atoms with Crippen LogP contribution in [0.4, 0.5) is 0 Å². The number of hydrogen-bond donors (Lipinski definition) is 0. The van der Waals surface area contributed by atoms with Gasteiger partial charge in [0.05, 0.1) is 17.7 Å². The summed E-state index contributed by atoms with van der Waals surface area (Å²) in [6.07, 6.45) is 4.94. The third kappa shape index (κ3) is 3.05. The topological polar surface area (TPSA) is 77.2 Å². The van der Waals surface area contributed by atoms with E-state index in [1.165, 1.54) is 12.8 Å². The summed E-state index contributed by atoms with van der Waals surface area (Å²) in [5.74, 6) is 0.428. The molecule has 2 aliphatic rings. The quantitative estimate of drug-likeness (QED) is 0.475. The zero-order valence-corrected chi connectivity index (χ0v) is 15.6. The second kappa shape index (κ2) is 6.66. The Hall–Kier alpha value is -2.82. The van der Waals surface area contributed by atoms with Gasteiger partial charge in [0.15, 0.2) is 11.4 Å². The Balaban J connectivity index is 1.53. The number of ketones is 3. The van der Waals surface area contributed by atoms with E-state index in [4.69, 9.17) is 4.52 Å². The first-order valence-corrected chi connectivity index (χ1v) is 10.00. The van der Waals surface area contributed by atoms with Crippen LogP contribution >= 0.6 is 0 Å². The van der Waals surface area contributed by atoms with Crippen LogP contribution in [0.25, 0.3) is 21.7 Å². The van der Waals surface area contributed by atoms with Crippen LogP contribution in [0.15, 0.2) is 34.9 Å². The molecule has 0 aliphatic heterocycles. The predicted molar refractivity (Wildman–Crippen MR) is 104 cm³/mol. The van der Waals surface area contributed by atoms with E-state index in [0.29, 0.717) is 30.5 Å². The summed E-state index contributed by atoms with van der Waals surface area (Å²) in [5, 5.41) is 6.87. The highest BCUT2D eigenvalue weighted by Crippen LogP contribution is 2.37. The van der Waals surface area contributed by atoms with Crippen molar-refractivity contribution < 1.29 is 18.9 Å². The van der Waals surface area contributed by atoms with Gasteiger partial charge in [-0.1, -0.05) is 36.2 Å². The molecule has 1 atom stereocenters. The van der Waals surface area contributed by atoms with E-state index in [9.17, 15) is 14.4 Å². The molecule has 1 unspecified atom stereocenters. The summed E-state index contributed by atoms with van der Waals surface area (Å²) < 4.78 is 5.48. The van der Waals surface area contributed by atoms with Crippen LogP contribution in [0.2, 0.25) is 0 Å². The van der Waals surface area contributed by atoms with Gasteiger partial charge in [0, 0.05) is 18.4 Å². The van der Waals surface area contributed by atoms with Crippen molar-refractivity contribution in [1.82, 2.24) is 5.16 Å². The zero-order valence-electron chi connectivity index (χ0n) is 15.6. The number of Topliss-reactive ketones (excluding diaryl/α,β-unsaturated/α-hetero) is 3. The van der Waals surface area contributed by atoms with Gasteiger partial charge in [-0.2, -0.15) is 0 Å². The minimum Gasteiger partial charge on any atom is -0.356 e. The molecule has 2 aliphatic carbocycles. The summed E-state index contributed by atoms with van der Waals surface area (Å²) in [4.78, 5) is 36.5. The lowest BCUT2D eigenvalue weighted by atomic mass is 9.83. The van der Waals surface area contributed by atoms with Gasteiger partial charge >= 0.3 is 0 Å². The fourth-order valence-electron chi connectivity index (χ4n) is 4.25. The van der Waals surface area contributed by atoms with Gasteiger partial charge in [0.2, 0.25) is 0 Å². The maximum Gasteiger partial charge on any atom is 0.167 e. The number of hydrogen-bond acceptors (Lipinski definition) is 5. The molecule has 28 heavy (non-hydrogen) atoms. The Kier molecular flexibility index (Phi) is 4.11. The number of carbonyl (C=O) groups is 3. The van der Waals surface area contributed by atoms with Crippen LogP contribution in [0.5, 0.6) is 0 Å². The monoisotopic (exact) mass is 375 g/mol. The van der Waals surface area contributed by atoms with Crippen LogP contribution in [0.3, 0.4) is 0 Å². The van der Waals surface area contributed by atoms with Crippen molar-refractivity contribution in [2.75, 3.05) is 0 Å². The third-order valence-electron chi connectivity index (χ3n) is 6.08. The maximum absolute atomic E-state index is 12.5. The third-order valence-corrected chi connectivity index (χ3v) is 6.08. The van der Waals surface area contributed by atoms with Crippen LogP contribution in [-0.2, 0) is 9.59 Å². The Bertz CT molecular complexity index is 1120. The van der Waals surface area contributed by atoms with Crippen molar-refractivity contribution >= 4 is 39.1 Å². The first kappa shape index (κ1) is 17.3. The molecular formula is C23H21NO4. The molecule has 3 aromatic rings. The molecule has 5 nitrogen and oxygen atoms in total. The molecule has 0 radical (unpaired) electrons. The van der Waals surface area contributed by atoms with Crippen LogP contribution in [0.1, 0.15) is 66.9 Å². The molecule has 0 bridgehead atoms. The molecule has 2 aromatic carbocycles. The van der Waals surface area contributed by atoms with Gasteiger partial charge in [-0.05, 0) is 41.7 Å². The molecule has 0 spiro atoms. The Labute approximate surface area is 162 Å². The van der Waals surface area contributed by atoms with Crippen LogP contribution in [-0.4, -0.2) is 22.5 Å². The first-order chi connectivity index (χ1) is 13.6. The lowest BCUT2D eigenvalue weighted by molar-refractivity contribution is -0.130. The Morgan fingerprint density at radius 1 is 1.11 bits per heavy atom. The second-order valence-corrected chi connectivity index (χ2v) is 8.12. The van der Waals surface area contributed by atoms with Crippen molar-refractivity contribution in [1.29, 1.82) is 0 Å². The highest BCUT2D eigenvalue weighted by Gasteiger charge is 2.32. The summed E-state index contributed by atoms with van der Waals surface area (Å²) in [6, 6.07) is 9.48. The Morgan fingerprint density at radius 3 is 2.75 bits per heavy atom. The largest absolute Gasteiger partial charge is 0.356 e. The molecule has 0 amide bonds. The molecule has 142 valence electrons. The van der Waals surface area contributed by atoms with Crippen molar-refractivity contribution in [3.8, 4) is 0 Å². The molecule has 5 heteroatoms. The lowest BCUT2D eigenvalue weighted by Gasteiger charge is -2.18. The van der Waals surface area contributed by atoms with Crippen molar-refractivity contribution in [3.63, 3.8) is 0 Å². The average Bonchev–Trinajstić information content (AvgIpc) is 3.43. The van der Waals surface area contributed by atoms with Gasteiger partial charge < -0.3 is 4.52 Å². The van der Waals surface area contributed by atoms with Crippen LogP contribution in [0, 0.1) is 5.92 Å². The molecule has 5 rings (SSSR count). The summed E-state index contributed by atoms with van der Waals surface area (Å²) in [5.41, 5.74) is 1.97. The SMILES string of the molecule is O=C1CCC(c2noc3ccc4cc(C(=O)CCC5CC5)ccc4c23)C(=O)C1. The lowest BCUT2D eigenvalue weighted by Crippen LogP contribution is -2.23. The van der Waals surface area contributed by atoms with E-state index < -0.39 is 5.92 Å². The van der Waals surface area contributed by atoms with E-state index >= 15 is 0 Å². The normalized spacial score (nSPS) is 20.2. The number of carbonyl (C=O) groups excluding carboxylic acids is 3. The maximum atomic E-state index is 12.5. The number of aromatic nitrogens is 1. The van der Waals surface area contributed by atoms with Crippen molar-refractivity contribution in [3.05, 3.63) is 41.6 Å². The van der Waals surface area contributed by atoms with Crippen molar-refractivity contribution in [2.45, 2.75) is 50.9 Å². The fraction of sp³-hybridized carbons (Fsp3) is 0.391. The summed E-state index contributed by atoms with van der Waals surface area (Å²) in [6.45, 7) is 0. The molecule has 0 N–H and O–H groups in total. The van der Waals surface area contributed by atoms with Gasteiger partial charge in [0.1, 0.15) is 17.3 Å². The first-order valence-electron chi connectivity index (χ1n) is 10.00. The number of benzene rings is 2. The number of nitrogens with zero attached hydrogens (tertiary/aromatic N) is 1. The number of rotatable bonds is 5. The zero-order chi connectivity index (χ0) is 19.3. The highest BCUT2D eigenvalue weighted by atomic mass is 16.5. The minimum atomic E-state index is -0.399. The van der Waals surface area contributed by atoms with Crippen LogP contribution < -0.4 is 0 Å². The van der Waals surface area contributed by atoms with E-state index in [2.05, 4.69) is 5.16 Å². The number of fused-ring (bicyclic) bond motifs is 3. The van der Waals surface area contributed by atoms with Crippen molar-refractivity contribution in [2.24, 2.45) is 5.92 Å². The highest BCUT2D eigenvalue weighted by molar-refractivity contribution is 6.12. The standard InChI is InChI=1S/C23H21NO4/c25-16-6-8-18(20(27)12-16)23-22-17-7-4-15(19(26)9-3-13-1-2-13)11-14(17)5-10-21(22)28-24-23/h4-5,7,10-11,13,18H,1-3,6,8-9,12H2. The molecule has 1 heterocycles. The second-order valence-electron chi connectivity index (χ2n) is 8.12. The van der Waals surface area contributed by atoms with Gasteiger partial charge in [-0.3, -0.25) is 14.4 Å². The molecule has 2 fully saturated rings. The van der Waals surface area contributed by atoms with Gasteiger partial charge in [-0.25, -0.2) is 0 Å². The molecule has 0 saturated heterocycles.